The molecule has 0 aliphatic heterocycles. The van der Waals surface area contributed by atoms with E-state index in [1.165, 1.54) is 0 Å². The average molecular weight is 413 g/mol. The zero-order valence-corrected chi connectivity index (χ0v) is 16.9. The van der Waals surface area contributed by atoms with Gasteiger partial charge < -0.3 is 13.7 Å². The maximum absolute atomic E-state index is 5.95. The second kappa shape index (κ2) is 8.08. The first-order chi connectivity index (χ1) is 13.6. The number of rotatable bonds is 6. The summed E-state index contributed by atoms with van der Waals surface area (Å²) in [6, 6.07) is 15.1. The van der Waals surface area contributed by atoms with Gasteiger partial charge in [-0.3, -0.25) is 0 Å². The minimum atomic E-state index is 0.582. The van der Waals surface area contributed by atoms with Crippen molar-refractivity contribution in [1.82, 2.24) is 19.7 Å². The third-order valence-electron chi connectivity index (χ3n) is 4.18. The van der Waals surface area contributed by atoms with Gasteiger partial charge in [-0.05, 0) is 48.5 Å². The lowest BCUT2D eigenvalue weighted by molar-refractivity contribution is 0.415. The number of ether oxygens (including phenoxy) is 1. The Balaban J connectivity index is 1.45. The predicted molar refractivity (Wildman–Crippen MR) is 110 cm³/mol. The van der Waals surface area contributed by atoms with Gasteiger partial charge in [0.1, 0.15) is 12.0 Å². The fourth-order valence-corrected chi connectivity index (χ4v) is 3.58. The summed E-state index contributed by atoms with van der Waals surface area (Å²) in [5.74, 6) is 2.80. The maximum Gasteiger partial charge on any atom is 0.226 e. The van der Waals surface area contributed by atoms with Crippen molar-refractivity contribution in [2.24, 2.45) is 7.05 Å². The van der Waals surface area contributed by atoms with Gasteiger partial charge >= 0.3 is 0 Å². The van der Waals surface area contributed by atoms with Crippen molar-refractivity contribution < 1.29 is 9.15 Å². The predicted octanol–water partition coefficient (Wildman–Crippen LogP) is 5.09. The second-order valence-electron chi connectivity index (χ2n) is 6.03. The summed E-state index contributed by atoms with van der Waals surface area (Å²) >= 11 is 7.51. The fraction of sp³-hybridized carbons (Fsp3) is 0.150. The first kappa shape index (κ1) is 18.6. The van der Waals surface area contributed by atoms with Crippen LogP contribution >= 0.6 is 23.4 Å². The van der Waals surface area contributed by atoms with E-state index in [1.807, 2.05) is 60.1 Å². The normalized spacial score (nSPS) is 11.0. The minimum Gasteiger partial charge on any atom is -0.497 e. The van der Waals surface area contributed by atoms with Crippen molar-refractivity contribution in [3.05, 3.63) is 65.5 Å². The number of oxazole rings is 1. The number of hydrogen-bond donors (Lipinski definition) is 0. The van der Waals surface area contributed by atoms with Gasteiger partial charge in [-0.25, -0.2) is 4.98 Å². The highest BCUT2D eigenvalue weighted by molar-refractivity contribution is 7.98. The smallest absolute Gasteiger partial charge is 0.226 e. The Morgan fingerprint density at radius 2 is 1.75 bits per heavy atom. The Bertz CT molecular complexity index is 1070. The molecule has 0 spiro atoms. The number of halogens is 1. The third kappa shape index (κ3) is 3.90. The molecule has 0 aliphatic rings. The van der Waals surface area contributed by atoms with Crippen LogP contribution in [0.2, 0.25) is 5.02 Å². The van der Waals surface area contributed by atoms with E-state index in [-0.39, 0.29) is 0 Å². The number of benzene rings is 2. The molecule has 2 aromatic heterocycles. The standard InChI is InChI=1S/C20H17ClN4O2S/c1-25-18(13-3-7-15(21)8-4-13)23-24-20(25)28-12-16-11-27-19(22-16)14-5-9-17(26-2)10-6-14/h3-11H,12H2,1-2H3. The second-order valence-corrected chi connectivity index (χ2v) is 7.41. The molecule has 0 saturated heterocycles. The van der Waals surface area contributed by atoms with Crippen LogP contribution < -0.4 is 4.74 Å². The maximum atomic E-state index is 5.95. The molecule has 0 fully saturated rings. The van der Waals surface area contributed by atoms with Crippen molar-refractivity contribution >= 4 is 23.4 Å². The summed E-state index contributed by atoms with van der Waals surface area (Å²) in [6.07, 6.45) is 1.67. The Labute approximate surface area is 171 Å². The van der Waals surface area contributed by atoms with Crippen molar-refractivity contribution in [3.8, 4) is 28.6 Å². The Morgan fingerprint density at radius 3 is 2.46 bits per heavy atom. The van der Waals surface area contributed by atoms with Gasteiger partial charge in [-0.1, -0.05) is 23.4 Å². The Morgan fingerprint density at radius 1 is 1.04 bits per heavy atom. The van der Waals surface area contributed by atoms with E-state index in [4.69, 9.17) is 20.8 Å². The van der Waals surface area contributed by atoms with Crippen LogP contribution in [-0.4, -0.2) is 26.9 Å². The van der Waals surface area contributed by atoms with E-state index in [0.29, 0.717) is 16.7 Å². The highest BCUT2D eigenvalue weighted by atomic mass is 35.5. The summed E-state index contributed by atoms with van der Waals surface area (Å²) in [4.78, 5) is 4.55. The van der Waals surface area contributed by atoms with Crippen molar-refractivity contribution in [1.29, 1.82) is 0 Å². The molecule has 0 amide bonds. The molecular weight excluding hydrogens is 396 g/mol. The van der Waals surface area contributed by atoms with Gasteiger partial charge in [-0.15, -0.1) is 10.2 Å². The first-order valence-corrected chi connectivity index (χ1v) is 9.87. The van der Waals surface area contributed by atoms with Crippen LogP contribution in [0.3, 0.4) is 0 Å². The van der Waals surface area contributed by atoms with Gasteiger partial charge in [0.05, 0.1) is 12.8 Å². The van der Waals surface area contributed by atoms with Crippen LogP contribution in [0.4, 0.5) is 0 Å². The molecule has 0 saturated carbocycles. The molecule has 4 aromatic rings. The number of aromatic nitrogens is 4. The summed E-state index contributed by atoms with van der Waals surface area (Å²) in [6.45, 7) is 0. The first-order valence-electron chi connectivity index (χ1n) is 8.51. The minimum absolute atomic E-state index is 0.582. The summed E-state index contributed by atoms with van der Waals surface area (Å²) in [5.41, 5.74) is 2.71. The average Bonchev–Trinajstić information content (AvgIpc) is 3.34. The third-order valence-corrected chi connectivity index (χ3v) is 5.48. The highest BCUT2D eigenvalue weighted by Gasteiger charge is 2.13. The number of thioether (sulfide) groups is 1. The topological polar surface area (TPSA) is 66.0 Å². The van der Waals surface area contributed by atoms with Crippen LogP contribution in [0.1, 0.15) is 5.69 Å². The van der Waals surface area contributed by atoms with Gasteiger partial charge in [0, 0.05) is 29.0 Å². The molecule has 2 heterocycles. The molecule has 0 unspecified atom stereocenters. The van der Waals surface area contributed by atoms with Crippen LogP contribution in [0.15, 0.2) is 64.4 Å². The molecule has 4 rings (SSSR count). The molecule has 28 heavy (non-hydrogen) atoms. The largest absolute Gasteiger partial charge is 0.497 e. The van der Waals surface area contributed by atoms with Crippen molar-refractivity contribution in [2.75, 3.05) is 7.11 Å². The molecule has 0 atom stereocenters. The lowest BCUT2D eigenvalue weighted by Crippen LogP contribution is -1.95. The van der Waals surface area contributed by atoms with Gasteiger partial charge in [0.2, 0.25) is 5.89 Å². The van der Waals surface area contributed by atoms with E-state index in [0.717, 1.165) is 33.6 Å². The molecule has 6 nitrogen and oxygen atoms in total. The zero-order valence-electron chi connectivity index (χ0n) is 15.3. The number of methoxy groups -OCH3 is 1. The van der Waals surface area contributed by atoms with Crippen LogP contribution in [-0.2, 0) is 12.8 Å². The molecule has 0 bridgehead atoms. The molecular formula is C20H17ClN4O2S. The Kier molecular flexibility index (Phi) is 5.36. The molecule has 8 heteroatoms. The Hall–Kier alpha value is -2.77. The van der Waals surface area contributed by atoms with Crippen molar-refractivity contribution in [3.63, 3.8) is 0 Å². The zero-order chi connectivity index (χ0) is 19.5. The van der Waals surface area contributed by atoms with E-state index >= 15 is 0 Å². The number of hydrogen-bond acceptors (Lipinski definition) is 6. The van der Waals surface area contributed by atoms with Gasteiger partial charge in [-0.2, -0.15) is 0 Å². The lowest BCUT2D eigenvalue weighted by Gasteiger charge is -2.03. The molecule has 142 valence electrons. The summed E-state index contributed by atoms with van der Waals surface area (Å²) < 4.78 is 12.7. The summed E-state index contributed by atoms with van der Waals surface area (Å²) in [5, 5.41) is 10.1. The van der Waals surface area contributed by atoms with Crippen LogP contribution in [0, 0.1) is 0 Å². The molecule has 0 radical (unpaired) electrons. The van der Waals surface area contributed by atoms with Crippen LogP contribution in [0.5, 0.6) is 5.75 Å². The monoisotopic (exact) mass is 412 g/mol. The highest BCUT2D eigenvalue weighted by Crippen LogP contribution is 2.27. The SMILES string of the molecule is COc1ccc(-c2nc(CSc3nnc(-c4ccc(Cl)cc4)n3C)co2)cc1. The quantitative estimate of drug-likeness (QED) is 0.411. The lowest BCUT2D eigenvalue weighted by atomic mass is 10.2. The number of nitrogens with zero attached hydrogens (tertiary/aromatic N) is 4. The molecule has 0 N–H and O–H groups in total. The fourth-order valence-electron chi connectivity index (χ4n) is 2.67. The van der Waals surface area contributed by atoms with E-state index in [9.17, 15) is 0 Å². The van der Waals surface area contributed by atoms with Crippen LogP contribution in [0.25, 0.3) is 22.8 Å². The van der Waals surface area contributed by atoms with Gasteiger partial charge in [0.15, 0.2) is 11.0 Å². The van der Waals surface area contributed by atoms with E-state index in [1.54, 1.807) is 25.1 Å². The van der Waals surface area contributed by atoms with E-state index in [2.05, 4.69) is 15.2 Å². The molecule has 2 aromatic carbocycles. The van der Waals surface area contributed by atoms with E-state index < -0.39 is 0 Å². The van der Waals surface area contributed by atoms with Gasteiger partial charge in [0.25, 0.3) is 0 Å². The molecule has 0 aliphatic carbocycles. The van der Waals surface area contributed by atoms with Crippen molar-refractivity contribution in [2.45, 2.75) is 10.9 Å². The summed E-state index contributed by atoms with van der Waals surface area (Å²) in [7, 11) is 3.58.